The van der Waals surface area contributed by atoms with Gasteiger partial charge in [-0.1, -0.05) is 18.2 Å². The summed E-state index contributed by atoms with van der Waals surface area (Å²) in [5, 5.41) is 9.62. The molecule has 7 nitrogen and oxygen atoms in total. The summed E-state index contributed by atoms with van der Waals surface area (Å²) >= 11 is 0. The van der Waals surface area contributed by atoms with Crippen LogP contribution in [0.2, 0.25) is 0 Å². The largest absolute Gasteiger partial charge is 0.481 e. The zero-order chi connectivity index (χ0) is 19.4. The summed E-state index contributed by atoms with van der Waals surface area (Å²) in [6, 6.07) is 15.7. The second kappa shape index (κ2) is 7.62. The molecule has 0 fully saturated rings. The average Bonchev–Trinajstić information content (AvgIpc) is 3.03. The van der Waals surface area contributed by atoms with Crippen molar-refractivity contribution in [2.24, 2.45) is 0 Å². The fourth-order valence-electron chi connectivity index (χ4n) is 2.53. The quantitative estimate of drug-likeness (QED) is 0.694. The molecule has 0 saturated heterocycles. The van der Waals surface area contributed by atoms with E-state index in [1.165, 1.54) is 0 Å². The van der Waals surface area contributed by atoms with Crippen LogP contribution < -0.4 is 15.6 Å². The van der Waals surface area contributed by atoms with Gasteiger partial charge < -0.3 is 9.15 Å². The molecule has 0 spiro atoms. The smallest absolute Gasteiger partial charge is 0.305 e. The molecule has 0 aliphatic carbocycles. The molecular formula is C20H17N3O4. The molecule has 2 N–H and O–H groups in total. The van der Waals surface area contributed by atoms with E-state index in [9.17, 15) is 9.59 Å². The van der Waals surface area contributed by atoms with Crippen molar-refractivity contribution in [2.45, 2.75) is 20.0 Å². The summed E-state index contributed by atoms with van der Waals surface area (Å²) in [6.45, 7) is 3.32. The third kappa shape index (κ3) is 3.90. The van der Waals surface area contributed by atoms with Crippen LogP contribution in [-0.2, 0) is 4.79 Å². The second-order valence-corrected chi connectivity index (χ2v) is 5.89. The van der Waals surface area contributed by atoms with Crippen molar-refractivity contribution >= 4 is 22.8 Å². The number of carbonyl (C=O) groups excluding carboxylic acids is 2. The van der Waals surface area contributed by atoms with E-state index in [2.05, 4.69) is 10.9 Å². The monoisotopic (exact) mass is 363 g/mol. The highest BCUT2D eigenvalue weighted by atomic mass is 16.5. The zero-order valence-corrected chi connectivity index (χ0v) is 14.8. The van der Waals surface area contributed by atoms with Gasteiger partial charge in [-0.25, -0.2) is 0 Å². The fourth-order valence-corrected chi connectivity index (χ4v) is 2.53. The summed E-state index contributed by atoms with van der Waals surface area (Å²) in [4.78, 5) is 24.4. The van der Waals surface area contributed by atoms with E-state index >= 15 is 0 Å². The Balaban J connectivity index is 1.59. The minimum absolute atomic E-state index is 0.136. The minimum Gasteiger partial charge on any atom is -0.481 e. The molecule has 0 radical (unpaired) electrons. The first-order valence-corrected chi connectivity index (χ1v) is 8.24. The van der Waals surface area contributed by atoms with Crippen LogP contribution in [0.4, 0.5) is 0 Å². The number of aryl methyl sites for hydroxylation is 1. The lowest BCUT2D eigenvalue weighted by atomic mass is 10.1. The molecule has 2 aromatic carbocycles. The number of nitriles is 1. The van der Waals surface area contributed by atoms with E-state index in [0.717, 1.165) is 5.39 Å². The standard InChI is InChI=1S/C20H17N3O4/c1-12-16-5-3-4-6-17(16)27-18(12)20(25)23-22-19(24)13(2)26-15-9-7-14(11-21)8-10-15/h3-10,13H,1-2H3,(H,22,24)(H,23,25). The highest BCUT2D eigenvalue weighted by Crippen LogP contribution is 2.24. The minimum atomic E-state index is -0.852. The maximum Gasteiger partial charge on any atom is 0.305 e. The van der Waals surface area contributed by atoms with Crippen molar-refractivity contribution in [2.75, 3.05) is 0 Å². The van der Waals surface area contributed by atoms with Gasteiger partial charge in [-0.15, -0.1) is 0 Å². The van der Waals surface area contributed by atoms with Gasteiger partial charge in [-0.05, 0) is 44.2 Å². The van der Waals surface area contributed by atoms with E-state index in [4.69, 9.17) is 14.4 Å². The van der Waals surface area contributed by atoms with Gasteiger partial charge >= 0.3 is 5.91 Å². The molecule has 1 atom stereocenters. The summed E-state index contributed by atoms with van der Waals surface area (Å²) in [7, 11) is 0. The van der Waals surface area contributed by atoms with Gasteiger partial charge in [0.1, 0.15) is 11.3 Å². The third-order valence-electron chi connectivity index (χ3n) is 4.01. The summed E-state index contributed by atoms with van der Waals surface area (Å²) in [6.07, 6.45) is -0.852. The number of ether oxygens (including phenoxy) is 1. The van der Waals surface area contributed by atoms with Gasteiger partial charge in [0.25, 0.3) is 5.91 Å². The fraction of sp³-hybridized carbons (Fsp3) is 0.150. The number of hydrogen-bond donors (Lipinski definition) is 2. The number of amides is 2. The van der Waals surface area contributed by atoms with Gasteiger partial charge in [0.15, 0.2) is 11.9 Å². The Morgan fingerprint density at radius 1 is 1.11 bits per heavy atom. The van der Waals surface area contributed by atoms with E-state index < -0.39 is 17.9 Å². The van der Waals surface area contributed by atoms with Crippen molar-refractivity contribution in [3.63, 3.8) is 0 Å². The Labute approximate surface area is 155 Å². The van der Waals surface area contributed by atoms with Crippen LogP contribution in [0.5, 0.6) is 5.75 Å². The van der Waals surface area contributed by atoms with Gasteiger partial charge in [-0.3, -0.25) is 20.4 Å². The number of fused-ring (bicyclic) bond motifs is 1. The Bertz CT molecular complexity index is 1030. The highest BCUT2D eigenvalue weighted by molar-refractivity contribution is 5.99. The van der Waals surface area contributed by atoms with Crippen molar-refractivity contribution < 1.29 is 18.7 Å². The van der Waals surface area contributed by atoms with Crippen molar-refractivity contribution in [1.29, 1.82) is 5.26 Å². The second-order valence-electron chi connectivity index (χ2n) is 5.89. The Morgan fingerprint density at radius 3 is 2.48 bits per heavy atom. The molecule has 0 saturated carbocycles. The number of hydrazine groups is 1. The molecule has 7 heteroatoms. The Hall–Kier alpha value is -3.79. The van der Waals surface area contributed by atoms with Gasteiger partial charge in [0, 0.05) is 10.9 Å². The highest BCUT2D eigenvalue weighted by Gasteiger charge is 2.20. The number of para-hydroxylation sites is 1. The number of nitrogens with zero attached hydrogens (tertiary/aromatic N) is 1. The van der Waals surface area contributed by atoms with Crippen LogP contribution in [-0.4, -0.2) is 17.9 Å². The lowest BCUT2D eigenvalue weighted by Crippen LogP contribution is -2.47. The van der Waals surface area contributed by atoms with Crippen LogP contribution in [0.3, 0.4) is 0 Å². The van der Waals surface area contributed by atoms with Crippen LogP contribution in [0.25, 0.3) is 11.0 Å². The topological polar surface area (TPSA) is 104 Å². The molecule has 3 aromatic rings. The summed E-state index contributed by atoms with van der Waals surface area (Å²) in [5.74, 6) is -0.502. The lowest BCUT2D eigenvalue weighted by Gasteiger charge is -2.15. The first-order valence-electron chi connectivity index (χ1n) is 8.24. The molecule has 1 aromatic heterocycles. The molecular weight excluding hydrogens is 346 g/mol. The van der Waals surface area contributed by atoms with E-state index in [1.54, 1.807) is 44.2 Å². The predicted octanol–water partition coefficient (Wildman–Crippen LogP) is 2.84. The number of benzene rings is 2. The van der Waals surface area contributed by atoms with Gasteiger partial charge in [-0.2, -0.15) is 5.26 Å². The average molecular weight is 363 g/mol. The Morgan fingerprint density at radius 2 is 1.81 bits per heavy atom. The van der Waals surface area contributed by atoms with Crippen LogP contribution in [0, 0.1) is 18.3 Å². The molecule has 0 bridgehead atoms. The predicted molar refractivity (Wildman–Crippen MR) is 97.8 cm³/mol. The van der Waals surface area contributed by atoms with Crippen LogP contribution in [0.15, 0.2) is 52.9 Å². The SMILES string of the molecule is Cc1c(C(=O)NNC(=O)C(C)Oc2ccc(C#N)cc2)oc2ccccc12. The number of furan rings is 1. The molecule has 136 valence electrons. The number of hydrogen-bond acceptors (Lipinski definition) is 5. The first kappa shape index (κ1) is 18.0. The molecule has 2 amide bonds. The zero-order valence-electron chi connectivity index (χ0n) is 14.8. The Kier molecular flexibility index (Phi) is 5.08. The summed E-state index contributed by atoms with van der Waals surface area (Å²) in [5.41, 5.74) is 6.44. The van der Waals surface area contributed by atoms with Crippen molar-refractivity contribution in [3.05, 3.63) is 65.4 Å². The van der Waals surface area contributed by atoms with Gasteiger partial charge in [0.2, 0.25) is 0 Å². The van der Waals surface area contributed by atoms with Crippen molar-refractivity contribution in [3.8, 4) is 11.8 Å². The van der Waals surface area contributed by atoms with E-state index in [0.29, 0.717) is 22.5 Å². The molecule has 27 heavy (non-hydrogen) atoms. The van der Waals surface area contributed by atoms with Crippen LogP contribution in [0.1, 0.15) is 28.6 Å². The van der Waals surface area contributed by atoms with Crippen molar-refractivity contribution in [1.82, 2.24) is 10.9 Å². The molecule has 1 heterocycles. The lowest BCUT2D eigenvalue weighted by molar-refractivity contribution is -0.128. The maximum absolute atomic E-state index is 12.3. The maximum atomic E-state index is 12.3. The van der Waals surface area contributed by atoms with E-state index in [-0.39, 0.29) is 5.76 Å². The molecule has 3 rings (SSSR count). The number of nitrogens with one attached hydrogen (secondary N) is 2. The number of carbonyl (C=O) groups is 2. The third-order valence-corrected chi connectivity index (χ3v) is 4.01. The van der Waals surface area contributed by atoms with E-state index in [1.807, 2.05) is 24.3 Å². The summed E-state index contributed by atoms with van der Waals surface area (Å²) < 4.78 is 11.0. The molecule has 1 unspecified atom stereocenters. The molecule has 0 aliphatic rings. The van der Waals surface area contributed by atoms with Gasteiger partial charge in [0.05, 0.1) is 11.6 Å². The first-order chi connectivity index (χ1) is 13.0. The number of rotatable bonds is 4. The van der Waals surface area contributed by atoms with Crippen LogP contribution >= 0.6 is 0 Å². The molecule has 0 aliphatic heterocycles. The normalized spacial score (nSPS) is 11.4.